The van der Waals surface area contributed by atoms with Crippen molar-refractivity contribution < 1.29 is 0 Å². The molecule has 10 aromatic rings. The molecule has 2 nitrogen and oxygen atoms in total. The Hall–Kier alpha value is -6.16. The van der Waals surface area contributed by atoms with Gasteiger partial charge in [-0.15, -0.1) is 11.3 Å². The summed E-state index contributed by atoms with van der Waals surface area (Å²) in [5.74, 6) is 0.718. The van der Waals surface area contributed by atoms with Crippen molar-refractivity contribution in [2.75, 3.05) is 0 Å². The highest BCUT2D eigenvalue weighted by molar-refractivity contribution is 7.26. The summed E-state index contributed by atoms with van der Waals surface area (Å²) in [7, 11) is 0. The van der Waals surface area contributed by atoms with Gasteiger partial charge in [-0.25, -0.2) is 9.97 Å². The SMILES string of the molecule is c1ccc(-c2ccc(-c3cc(-c4ccc5c(c4)c4ccccc4c4c5ccc5sc6ccccc6c54)nc(-c4ccccc4)n3)cc2)cc1. The summed E-state index contributed by atoms with van der Waals surface area (Å²) in [5, 5.41) is 10.3. The van der Waals surface area contributed by atoms with Crippen molar-refractivity contribution in [2.45, 2.75) is 0 Å². The van der Waals surface area contributed by atoms with Crippen LogP contribution in [0.1, 0.15) is 0 Å². The van der Waals surface area contributed by atoms with Crippen LogP contribution >= 0.6 is 11.3 Å². The summed E-state index contributed by atoms with van der Waals surface area (Å²) in [6.45, 7) is 0. The topological polar surface area (TPSA) is 25.8 Å². The van der Waals surface area contributed by atoms with Crippen LogP contribution in [0, 0.1) is 0 Å². The third-order valence-electron chi connectivity index (χ3n) is 9.68. The van der Waals surface area contributed by atoms with Gasteiger partial charge in [0.05, 0.1) is 11.4 Å². The fraction of sp³-hybridized carbons (Fsp3) is 0. The molecular formula is C46H28N2S. The minimum Gasteiger partial charge on any atom is -0.228 e. The average molecular weight is 641 g/mol. The van der Waals surface area contributed by atoms with Crippen LogP contribution in [0.5, 0.6) is 0 Å². The second kappa shape index (κ2) is 11.2. The van der Waals surface area contributed by atoms with E-state index in [1.54, 1.807) is 0 Å². The zero-order valence-corrected chi connectivity index (χ0v) is 27.3. The van der Waals surface area contributed by atoms with E-state index >= 15 is 0 Å². The fourth-order valence-corrected chi connectivity index (χ4v) is 8.46. The molecular weight excluding hydrogens is 613 g/mol. The highest BCUT2D eigenvalue weighted by Gasteiger charge is 2.17. The Morgan fingerprint density at radius 3 is 1.61 bits per heavy atom. The van der Waals surface area contributed by atoms with E-state index in [0.29, 0.717) is 0 Å². The van der Waals surface area contributed by atoms with Crippen molar-refractivity contribution in [3.05, 3.63) is 170 Å². The normalized spacial score (nSPS) is 11.7. The Balaban J connectivity index is 1.19. The summed E-state index contributed by atoms with van der Waals surface area (Å²) in [4.78, 5) is 10.3. The van der Waals surface area contributed by atoms with Crippen molar-refractivity contribution in [2.24, 2.45) is 0 Å². The minimum atomic E-state index is 0.718. The second-order valence-corrected chi connectivity index (χ2v) is 13.6. The molecule has 2 heterocycles. The molecule has 0 N–H and O–H groups in total. The number of benzene rings is 8. The van der Waals surface area contributed by atoms with Gasteiger partial charge in [-0.1, -0.05) is 146 Å². The van der Waals surface area contributed by atoms with Crippen LogP contribution in [0.15, 0.2) is 170 Å². The van der Waals surface area contributed by atoms with Gasteiger partial charge < -0.3 is 0 Å². The van der Waals surface area contributed by atoms with Crippen LogP contribution in [0.2, 0.25) is 0 Å². The Labute approximate surface area is 287 Å². The minimum absolute atomic E-state index is 0.718. The highest BCUT2D eigenvalue weighted by Crippen LogP contribution is 2.45. The van der Waals surface area contributed by atoms with Gasteiger partial charge in [0, 0.05) is 36.9 Å². The molecule has 228 valence electrons. The van der Waals surface area contributed by atoms with Gasteiger partial charge in [-0.3, -0.25) is 0 Å². The van der Waals surface area contributed by atoms with Gasteiger partial charge in [0.1, 0.15) is 0 Å². The lowest BCUT2D eigenvalue weighted by Crippen LogP contribution is -1.96. The van der Waals surface area contributed by atoms with Gasteiger partial charge in [-0.05, 0) is 67.7 Å². The van der Waals surface area contributed by atoms with E-state index in [4.69, 9.17) is 9.97 Å². The molecule has 49 heavy (non-hydrogen) atoms. The van der Waals surface area contributed by atoms with E-state index in [0.717, 1.165) is 33.9 Å². The molecule has 0 amide bonds. The first kappa shape index (κ1) is 27.9. The largest absolute Gasteiger partial charge is 0.228 e. The summed E-state index contributed by atoms with van der Waals surface area (Å²) in [6.07, 6.45) is 0. The van der Waals surface area contributed by atoms with E-state index < -0.39 is 0 Å². The van der Waals surface area contributed by atoms with Crippen molar-refractivity contribution >= 4 is 63.8 Å². The molecule has 3 heteroatoms. The molecule has 0 saturated carbocycles. The van der Waals surface area contributed by atoms with Crippen LogP contribution in [0.4, 0.5) is 0 Å². The van der Waals surface area contributed by atoms with Crippen molar-refractivity contribution in [3.63, 3.8) is 0 Å². The van der Waals surface area contributed by atoms with Crippen molar-refractivity contribution in [3.8, 4) is 45.0 Å². The summed E-state index contributed by atoms with van der Waals surface area (Å²) >= 11 is 1.87. The third-order valence-corrected chi connectivity index (χ3v) is 10.8. The number of nitrogens with zero attached hydrogens (tertiary/aromatic N) is 2. The Kier molecular flexibility index (Phi) is 6.39. The smallest absolute Gasteiger partial charge is 0.160 e. The summed E-state index contributed by atoms with van der Waals surface area (Å²) < 4.78 is 2.65. The highest BCUT2D eigenvalue weighted by atomic mass is 32.1. The van der Waals surface area contributed by atoms with Crippen molar-refractivity contribution in [1.29, 1.82) is 0 Å². The van der Waals surface area contributed by atoms with Crippen molar-refractivity contribution in [1.82, 2.24) is 9.97 Å². The maximum Gasteiger partial charge on any atom is 0.160 e. The number of rotatable bonds is 4. The molecule has 0 aliphatic rings. The first-order valence-electron chi connectivity index (χ1n) is 16.6. The molecule has 0 radical (unpaired) electrons. The van der Waals surface area contributed by atoms with Crippen LogP contribution < -0.4 is 0 Å². The lowest BCUT2D eigenvalue weighted by molar-refractivity contribution is 1.18. The van der Waals surface area contributed by atoms with E-state index in [9.17, 15) is 0 Å². The Morgan fingerprint density at radius 1 is 0.306 bits per heavy atom. The molecule has 0 bridgehead atoms. The molecule has 10 rings (SSSR count). The standard InChI is InChI=1S/C46H28N2S/c1-3-11-29(12-4-1)30-19-21-31(22-20-30)40-28-41(48-46(47-40)32-13-5-2-6-14-32)33-23-24-35-37-25-26-43-45(38-17-9-10-18-42(38)49-43)44(37)36-16-8-7-15-34(36)39(35)27-33/h1-28H. The molecule has 0 aliphatic heterocycles. The van der Waals surface area contributed by atoms with Crippen LogP contribution in [0.25, 0.3) is 97.5 Å². The zero-order valence-electron chi connectivity index (χ0n) is 26.5. The van der Waals surface area contributed by atoms with Gasteiger partial charge in [0.25, 0.3) is 0 Å². The van der Waals surface area contributed by atoms with Crippen LogP contribution in [0.3, 0.4) is 0 Å². The lowest BCUT2D eigenvalue weighted by Gasteiger charge is -2.14. The second-order valence-electron chi connectivity index (χ2n) is 12.5. The van der Waals surface area contributed by atoms with Gasteiger partial charge in [0.2, 0.25) is 0 Å². The number of hydrogen-bond acceptors (Lipinski definition) is 3. The number of thiophene rings is 1. The Bertz CT molecular complexity index is 2830. The quantitative estimate of drug-likeness (QED) is 0.179. The summed E-state index contributed by atoms with van der Waals surface area (Å²) in [5.41, 5.74) is 7.32. The monoisotopic (exact) mass is 640 g/mol. The molecule has 0 atom stereocenters. The first-order chi connectivity index (χ1) is 24.3. The van der Waals surface area contributed by atoms with Crippen LogP contribution in [-0.2, 0) is 0 Å². The molecule has 0 saturated heterocycles. The molecule has 0 aliphatic carbocycles. The molecule has 2 aromatic heterocycles. The molecule has 0 spiro atoms. The fourth-order valence-electron chi connectivity index (χ4n) is 7.34. The maximum absolute atomic E-state index is 5.17. The maximum atomic E-state index is 5.17. The van der Waals surface area contributed by atoms with E-state index in [1.165, 1.54) is 63.6 Å². The first-order valence-corrected chi connectivity index (χ1v) is 17.4. The molecule has 8 aromatic carbocycles. The van der Waals surface area contributed by atoms with E-state index in [2.05, 4.69) is 146 Å². The number of hydrogen-bond donors (Lipinski definition) is 0. The van der Waals surface area contributed by atoms with E-state index in [1.807, 2.05) is 35.6 Å². The molecule has 0 fully saturated rings. The predicted molar refractivity (Wildman–Crippen MR) is 209 cm³/mol. The number of aromatic nitrogens is 2. The van der Waals surface area contributed by atoms with Crippen LogP contribution in [-0.4, -0.2) is 9.97 Å². The average Bonchev–Trinajstić information content (AvgIpc) is 3.57. The van der Waals surface area contributed by atoms with Gasteiger partial charge >= 0.3 is 0 Å². The molecule has 0 unspecified atom stereocenters. The van der Waals surface area contributed by atoms with Gasteiger partial charge in [-0.2, -0.15) is 0 Å². The zero-order chi connectivity index (χ0) is 32.3. The van der Waals surface area contributed by atoms with E-state index in [-0.39, 0.29) is 0 Å². The third kappa shape index (κ3) is 4.62. The number of fused-ring (bicyclic) bond motifs is 10. The lowest BCUT2D eigenvalue weighted by atomic mass is 9.90. The van der Waals surface area contributed by atoms with Gasteiger partial charge in [0.15, 0.2) is 5.82 Å². The predicted octanol–water partition coefficient (Wildman–Crippen LogP) is 13.0. The summed E-state index contributed by atoms with van der Waals surface area (Å²) in [6, 6.07) is 60.7. The Morgan fingerprint density at radius 2 is 0.837 bits per heavy atom.